The van der Waals surface area contributed by atoms with E-state index in [1.165, 1.54) is 20.7 Å². The van der Waals surface area contributed by atoms with Gasteiger partial charge in [-0.3, -0.25) is 13.9 Å². The molecule has 2 unspecified atom stereocenters. The van der Waals surface area contributed by atoms with E-state index in [0.717, 1.165) is 32.1 Å². The van der Waals surface area contributed by atoms with Gasteiger partial charge in [0.05, 0.1) is 12.2 Å². The number of primary amides is 1. The molecule has 2 amide bonds. The van der Waals surface area contributed by atoms with Crippen LogP contribution in [0, 0.1) is 35.9 Å². The van der Waals surface area contributed by atoms with Gasteiger partial charge in [0.15, 0.2) is 0 Å². The van der Waals surface area contributed by atoms with E-state index < -0.39 is 16.0 Å². The van der Waals surface area contributed by atoms with Gasteiger partial charge in [0, 0.05) is 31.1 Å². The van der Waals surface area contributed by atoms with Crippen molar-refractivity contribution in [1.29, 1.82) is 0 Å². The Bertz CT molecular complexity index is 1090. The highest BCUT2D eigenvalue weighted by Gasteiger charge is 2.56. The van der Waals surface area contributed by atoms with Gasteiger partial charge in [0.2, 0.25) is 11.8 Å². The van der Waals surface area contributed by atoms with Crippen molar-refractivity contribution < 1.29 is 22.4 Å². The summed E-state index contributed by atoms with van der Waals surface area (Å²) in [5.74, 6) is 0.172. The molecule has 3 N–H and O–H groups in total. The monoisotopic (exact) mass is 492 g/mol. The van der Waals surface area contributed by atoms with Crippen LogP contribution in [0.5, 0.6) is 0 Å². The Morgan fingerprint density at radius 1 is 1.18 bits per heavy atom. The minimum atomic E-state index is -3.95. The Morgan fingerprint density at radius 3 is 2.56 bits per heavy atom. The second kappa shape index (κ2) is 8.48. The molecule has 5 fully saturated rings. The van der Waals surface area contributed by atoms with Crippen molar-refractivity contribution in [2.75, 3.05) is 23.9 Å². The Hall–Kier alpha value is -2.20. The summed E-state index contributed by atoms with van der Waals surface area (Å²) < 4.78 is 43.1. The second-order valence-electron chi connectivity index (χ2n) is 10.9. The van der Waals surface area contributed by atoms with E-state index in [1.54, 1.807) is 13.0 Å². The highest BCUT2D eigenvalue weighted by atomic mass is 32.2. The van der Waals surface area contributed by atoms with Gasteiger partial charge < -0.3 is 11.1 Å². The van der Waals surface area contributed by atoms with Crippen molar-refractivity contribution in [3.63, 3.8) is 0 Å². The zero-order valence-electron chi connectivity index (χ0n) is 19.5. The molecular formula is C24H33FN4O4S. The summed E-state index contributed by atoms with van der Waals surface area (Å²) in [7, 11) is -3.95. The number of anilines is 1. The fourth-order valence-electron chi connectivity index (χ4n) is 7.44. The van der Waals surface area contributed by atoms with E-state index in [1.807, 2.05) is 0 Å². The number of nitrogens with one attached hydrogen (secondary N) is 1. The van der Waals surface area contributed by atoms with E-state index in [9.17, 15) is 22.4 Å². The third kappa shape index (κ3) is 4.08. The average molecular weight is 493 g/mol. The molecule has 0 radical (unpaired) electrons. The van der Waals surface area contributed by atoms with Gasteiger partial charge in [-0.25, -0.2) is 4.39 Å². The maximum atomic E-state index is 14.1. The van der Waals surface area contributed by atoms with Crippen LogP contribution in [0.25, 0.3) is 0 Å². The SMILES string of the molecule is Cc1c(F)cccc1N1CCCN(CC(=O)NC2C3CC4CC2CC(CC(N)=O)(C4)C3)S1(=O)=O. The Labute approximate surface area is 200 Å². The van der Waals surface area contributed by atoms with E-state index in [2.05, 4.69) is 5.32 Å². The predicted molar refractivity (Wildman–Crippen MR) is 125 cm³/mol. The van der Waals surface area contributed by atoms with Crippen molar-refractivity contribution in [3.05, 3.63) is 29.6 Å². The maximum absolute atomic E-state index is 14.1. The number of nitrogens with zero attached hydrogens (tertiary/aromatic N) is 2. The molecule has 1 aromatic rings. The molecule has 34 heavy (non-hydrogen) atoms. The van der Waals surface area contributed by atoms with Crippen LogP contribution in [-0.2, 0) is 19.8 Å². The van der Waals surface area contributed by atoms with Crippen molar-refractivity contribution in [2.24, 2.45) is 28.9 Å². The van der Waals surface area contributed by atoms with Gasteiger partial charge in [-0.1, -0.05) is 6.07 Å². The quantitative estimate of drug-likeness (QED) is 0.633. The number of hydrogen-bond donors (Lipinski definition) is 2. The topological polar surface area (TPSA) is 113 Å². The first-order valence-corrected chi connectivity index (χ1v) is 13.6. The summed E-state index contributed by atoms with van der Waals surface area (Å²) in [5.41, 5.74) is 6.09. The minimum absolute atomic E-state index is 0.0131. The van der Waals surface area contributed by atoms with Crippen LogP contribution >= 0.6 is 0 Å². The first-order chi connectivity index (χ1) is 16.1. The molecule has 0 spiro atoms. The summed E-state index contributed by atoms with van der Waals surface area (Å²) in [6.07, 6.45) is 5.87. The molecule has 1 heterocycles. The van der Waals surface area contributed by atoms with Crippen LogP contribution in [0.1, 0.15) is 50.5 Å². The molecular weight excluding hydrogens is 459 g/mol. The number of benzene rings is 1. The van der Waals surface area contributed by atoms with Crippen LogP contribution < -0.4 is 15.4 Å². The molecule has 8 nitrogen and oxygen atoms in total. The first-order valence-electron chi connectivity index (χ1n) is 12.2. The molecule has 0 aromatic heterocycles. The average Bonchev–Trinajstić information content (AvgIpc) is 2.73. The Morgan fingerprint density at radius 2 is 1.88 bits per heavy atom. The van der Waals surface area contributed by atoms with Crippen molar-refractivity contribution in [1.82, 2.24) is 9.62 Å². The van der Waals surface area contributed by atoms with Crippen LogP contribution in [0.2, 0.25) is 0 Å². The molecule has 2 atom stereocenters. The molecule has 5 aliphatic rings. The van der Waals surface area contributed by atoms with E-state index in [4.69, 9.17) is 5.73 Å². The van der Waals surface area contributed by atoms with Gasteiger partial charge in [0.1, 0.15) is 5.82 Å². The molecule has 186 valence electrons. The Balaban J connectivity index is 1.27. The van der Waals surface area contributed by atoms with E-state index >= 15 is 0 Å². The van der Waals surface area contributed by atoms with Crippen LogP contribution in [0.15, 0.2) is 18.2 Å². The molecule has 1 aromatic carbocycles. The molecule has 6 rings (SSSR count). The summed E-state index contributed by atoms with van der Waals surface area (Å²) >= 11 is 0. The number of carbonyl (C=O) groups excluding carboxylic acids is 2. The molecule has 4 saturated carbocycles. The third-order valence-corrected chi connectivity index (χ3v) is 10.4. The lowest BCUT2D eigenvalue weighted by Gasteiger charge is -2.60. The molecule has 10 heteroatoms. The summed E-state index contributed by atoms with van der Waals surface area (Å²) in [6.45, 7) is 1.81. The highest BCUT2D eigenvalue weighted by molar-refractivity contribution is 7.90. The van der Waals surface area contributed by atoms with E-state index in [0.29, 0.717) is 36.3 Å². The van der Waals surface area contributed by atoms with Crippen molar-refractivity contribution in [3.8, 4) is 0 Å². The zero-order valence-corrected chi connectivity index (χ0v) is 20.3. The van der Waals surface area contributed by atoms with Crippen LogP contribution in [-0.4, -0.2) is 50.2 Å². The number of nitrogens with two attached hydrogens (primary N) is 1. The number of amides is 2. The largest absolute Gasteiger partial charge is 0.370 e. The maximum Gasteiger partial charge on any atom is 0.304 e. The summed E-state index contributed by atoms with van der Waals surface area (Å²) in [6, 6.07) is 4.41. The summed E-state index contributed by atoms with van der Waals surface area (Å²) in [5, 5.41) is 3.15. The van der Waals surface area contributed by atoms with Crippen molar-refractivity contribution in [2.45, 2.75) is 57.9 Å². The second-order valence-corrected chi connectivity index (χ2v) is 12.7. The van der Waals surface area contributed by atoms with Crippen molar-refractivity contribution >= 4 is 27.7 Å². The minimum Gasteiger partial charge on any atom is -0.370 e. The van der Waals surface area contributed by atoms with Gasteiger partial charge >= 0.3 is 10.2 Å². The lowest BCUT2D eigenvalue weighted by molar-refractivity contribution is -0.134. The zero-order chi connectivity index (χ0) is 24.3. The molecule has 1 aliphatic heterocycles. The number of carbonyl (C=O) groups is 2. The first kappa shape index (κ1) is 23.5. The van der Waals surface area contributed by atoms with Gasteiger partial charge in [0.25, 0.3) is 0 Å². The Kier molecular flexibility index (Phi) is 5.87. The standard InChI is InChI=1S/C24H33FN4O4S/c1-15-19(25)4-2-5-20(15)29-7-3-6-28(34(29,32)33)14-22(31)27-23-17-8-16-9-18(23)12-24(10-16,11-17)13-21(26)30/h2,4-5,16-18,23H,3,6-14H2,1H3,(H2,26,30)(H,27,31). The fourth-order valence-corrected chi connectivity index (χ4v) is 9.16. The van der Waals surface area contributed by atoms with Crippen LogP contribution in [0.4, 0.5) is 10.1 Å². The number of rotatable bonds is 6. The normalized spacial score (nSPS) is 34.2. The number of halogens is 1. The molecule has 1 saturated heterocycles. The predicted octanol–water partition coefficient (Wildman–Crippen LogP) is 2.08. The van der Waals surface area contributed by atoms with Gasteiger partial charge in [-0.15, -0.1) is 0 Å². The van der Waals surface area contributed by atoms with Gasteiger partial charge in [-0.05, 0) is 80.8 Å². The smallest absolute Gasteiger partial charge is 0.304 e. The fraction of sp³-hybridized carbons (Fsp3) is 0.667. The lowest BCUT2D eigenvalue weighted by atomic mass is 9.47. The summed E-state index contributed by atoms with van der Waals surface area (Å²) in [4.78, 5) is 24.7. The molecule has 4 bridgehead atoms. The highest BCUT2D eigenvalue weighted by Crippen LogP contribution is 2.61. The van der Waals surface area contributed by atoms with Crippen LogP contribution in [0.3, 0.4) is 0 Å². The van der Waals surface area contributed by atoms with Gasteiger partial charge in [-0.2, -0.15) is 12.7 Å². The van der Waals surface area contributed by atoms with E-state index in [-0.39, 0.29) is 48.5 Å². The number of hydrogen-bond acceptors (Lipinski definition) is 4. The lowest BCUT2D eigenvalue weighted by Crippen LogP contribution is -2.61. The third-order valence-electron chi connectivity index (χ3n) is 8.48. The molecule has 4 aliphatic carbocycles.